The molecule has 3 rings (SSSR count). The van der Waals surface area contributed by atoms with Crippen LogP contribution in [0.1, 0.15) is 30.9 Å². The maximum absolute atomic E-state index is 14.4. The van der Waals surface area contributed by atoms with Gasteiger partial charge >= 0.3 is 6.11 Å². The number of alkyl halides is 2. The van der Waals surface area contributed by atoms with Gasteiger partial charge in [-0.15, -0.1) is 0 Å². The molecule has 10 heteroatoms. The molecule has 0 fully saturated rings. The highest BCUT2D eigenvalue weighted by Gasteiger charge is 2.41. The van der Waals surface area contributed by atoms with Gasteiger partial charge in [-0.25, -0.2) is 27.5 Å². The zero-order chi connectivity index (χ0) is 22.8. The third-order valence-corrected chi connectivity index (χ3v) is 4.68. The average Bonchev–Trinajstić information content (AvgIpc) is 2.69. The molecule has 0 amide bonds. The Morgan fingerprint density at radius 1 is 0.903 bits per heavy atom. The lowest BCUT2D eigenvalue weighted by Gasteiger charge is -2.20. The minimum absolute atomic E-state index is 0.0596. The lowest BCUT2D eigenvalue weighted by Crippen LogP contribution is -2.25. The maximum Gasteiger partial charge on any atom is 0.432 e. The Kier molecular flexibility index (Phi) is 6.74. The second kappa shape index (κ2) is 9.13. The summed E-state index contributed by atoms with van der Waals surface area (Å²) in [5, 5.41) is -0.932. The quantitative estimate of drug-likeness (QED) is 0.286. The topological polar surface area (TPSA) is 35.0 Å². The first-order valence-corrected chi connectivity index (χ1v) is 9.52. The molecule has 0 bridgehead atoms. The Balaban J connectivity index is 1.90. The van der Waals surface area contributed by atoms with Gasteiger partial charge in [0.05, 0.1) is 0 Å². The van der Waals surface area contributed by atoms with Crippen LogP contribution < -0.4 is 4.74 Å². The molecule has 3 aromatic rings. The molecule has 1 heterocycles. The summed E-state index contributed by atoms with van der Waals surface area (Å²) in [5.74, 6) is -7.09. The molecule has 0 saturated carbocycles. The van der Waals surface area contributed by atoms with E-state index in [-0.39, 0.29) is 11.4 Å². The number of benzene rings is 2. The van der Waals surface area contributed by atoms with E-state index in [2.05, 4.69) is 14.7 Å². The zero-order valence-electron chi connectivity index (χ0n) is 16.0. The summed E-state index contributed by atoms with van der Waals surface area (Å²) in [6, 6.07) is 1.99. The Morgan fingerprint density at radius 3 is 1.97 bits per heavy atom. The van der Waals surface area contributed by atoms with Crippen LogP contribution in [0.4, 0.5) is 26.3 Å². The van der Waals surface area contributed by atoms with E-state index in [1.165, 1.54) is 12.4 Å². The Morgan fingerprint density at radius 2 is 1.45 bits per heavy atom. The highest BCUT2D eigenvalue weighted by molar-refractivity contribution is 6.30. The van der Waals surface area contributed by atoms with Gasteiger partial charge in [0, 0.05) is 30.1 Å². The Hall–Kier alpha value is -2.81. The molecule has 31 heavy (non-hydrogen) atoms. The summed E-state index contributed by atoms with van der Waals surface area (Å²) < 4.78 is 88.8. The number of hydrogen-bond acceptors (Lipinski definition) is 3. The van der Waals surface area contributed by atoms with Crippen LogP contribution in [0.3, 0.4) is 0 Å². The molecule has 0 radical (unpaired) electrons. The number of nitrogens with zero attached hydrogens (tertiary/aromatic N) is 2. The lowest BCUT2D eigenvalue weighted by atomic mass is 10.1. The predicted molar refractivity (Wildman–Crippen MR) is 102 cm³/mol. The normalized spacial score (nSPS) is 11.6. The van der Waals surface area contributed by atoms with Crippen molar-refractivity contribution in [1.29, 1.82) is 0 Å². The van der Waals surface area contributed by atoms with Crippen LogP contribution in [0.15, 0.2) is 36.7 Å². The Labute approximate surface area is 178 Å². The summed E-state index contributed by atoms with van der Waals surface area (Å²) in [4.78, 5) is 8.02. The third kappa shape index (κ3) is 5.10. The molecule has 0 saturated heterocycles. The molecule has 0 atom stereocenters. The first-order chi connectivity index (χ1) is 14.6. The number of ether oxygens (including phenoxy) is 1. The standard InChI is InChI=1S/C21H15ClF6N2O/c1-2-3-4-11-9-29-20(30-10-11)12-5-14(23)18(15(24)6-12)21(27,28)31-13-7-16(25)19(22)17(26)8-13/h5-10H,2-4H2,1H3. The monoisotopic (exact) mass is 460 g/mol. The van der Waals surface area contributed by atoms with Crippen molar-refractivity contribution in [3.05, 3.63) is 76.1 Å². The molecule has 0 N–H and O–H groups in total. The van der Waals surface area contributed by atoms with Gasteiger partial charge in [0.25, 0.3) is 0 Å². The van der Waals surface area contributed by atoms with Crippen LogP contribution >= 0.6 is 11.6 Å². The van der Waals surface area contributed by atoms with E-state index >= 15 is 0 Å². The SMILES string of the molecule is CCCCc1cnc(-c2cc(F)c(C(F)(F)Oc3cc(F)c(Cl)c(F)c3)c(F)c2)nc1. The summed E-state index contributed by atoms with van der Waals surface area (Å²) in [7, 11) is 0. The third-order valence-electron chi connectivity index (χ3n) is 4.32. The smallest absolute Gasteiger partial charge is 0.429 e. The number of aryl methyl sites for hydroxylation is 1. The first-order valence-electron chi connectivity index (χ1n) is 9.14. The van der Waals surface area contributed by atoms with Crippen LogP contribution in [-0.2, 0) is 12.5 Å². The average molecular weight is 461 g/mol. The number of halogens is 7. The molecular weight excluding hydrogens is 446 g/mol. The van der Waals surface area contributed by atoms with Crippen molar-refractivity contribution in [3.63, 3.8) is 0 Å². The van der Waals surface area contributed by atoms with Gasteiger partial charge in [-0.3, -0.25) is 0 Å². The van der Waals surface area contributed by atoms with Crippen molar-refractivity contribution in [2.45, 2.75) is 32.3 Å². The summed E-state index contributed by atoms with van der Waals surface area (Å²) in [6.45, 7) is 2.02. The fourth-order valence-electron chi connectivity index (χ4n) is 2.78. The molecular formula is C21H15ClF6N2O. The molecule has 0 spiro atoms. The van der Waals surface area contributed by atoms with Gasteiger partial charge in [0.15, 0.2) is 5.82 Å². The van der Waals surface area contributed by atoms with E-state index in [0.717, 1.165) is 24.8 Å². The number of hydrogen-bond donors (Lipinski definition) is 0. The van der Waals surface area contributed by atoms with Crippen molar-refractivity contribution in [1.82, 2.24) is 9.97 Å². The minimum Gasteiger partial charge on any atom is -0.429 e. The summed E-state index contributed by atoms with van der Waals surface area (Å²) in [5.41, 5.74) is -1.07. The molecule has 0 aliphatic heterocycles. The number of aromatic nitrogens is 2. The molecule has 3 nitrogen and oxygen atoms in total. The number of rotatable bonds is 7. The fourth-order valence-corrected chi connectivity index (χ4v) is 2.89. The van der Waals surface area contributed by atoms with Crippen LogP contribution in [-0.4, -0.2) is 9.97 Å². The van der Waals surface area contributed by atoms with Crippen LogP contribution in [0.25, 0.3) is 11.4 Å². The zero-order valence-corrected chi connectivity index (χ0v) is 16.8. The van der Waals surface area contributed by atoms with Crippen LogP contribution in [0, 0.1) is 23.3 Å². The van der Waals surface area contributed by atoms with Crippen molar-refractivity contribution in [3.8, 4) is 17.1 Å². The molecule has 164 valence electrons. The molecule has 0 aliphatic carbocycles. The minimum atomic E-state index is -4.58. The summed E-state index contributed by atoms with van der Waals surface area (Å²) in [6.07, 6.45) is 1.01. The van der Waals surface area contributed by atoms with Crippen LogP contribution in [0.5, 0.6) is 5.75 Å². The van der Waals surface area contributed by atoms with Gasteiger partial charge < -0.3 is 4.74 Å². The van der Waals surface area contributed by atoms with E-state index in [4.69, 9.17) is 11.6 Å². The Bertz CT molecular complexity index is 1050. The van der Waals surface area contributed by atoms with Gasteiger partial charge in [-0.2, -0.15) is 8.78 Å². The van der Waals surface area contributed by atoms with E-state index in [0.29, 0.717) is 24.3 Å². The van der Waals surface area contributed by atoms with E-state index in [9.17, 15) is 26.3 Å². The second-order valence-electron chi connectivity index (χ2n) is 6.65. The van der Waals surface area contributed by atoms with Gasteiger partial charge in [-0.1, -0.05) is 24.9 Å². The van der Waals surface area contributed by atoms with Crippen LogP contribution in [0.2, 0.25) is 5.02 Å². The van der Waals surface area contributed by atoms with Crippen molar-refractivity contribution in [2.75, 3.05) is 0 Å². The maximum atomic E-state index is 14.4. The lowest BCUT2D eigenvalue weighted by molar-refractivity contribution is -0.189. The predicted octanol–water partition coefficient (Wildman–Crippen LogP) is 6.82. The second-order valence-corrected chi connectivity index (χ2v) is 7.03. The van der Waals surface area contributed by atoms with Gasteiger partial charge in [0.1, 0.15) is 39.6 Å². The molecule has 0 aliphatic rings. The van der Waals surface area contributed by atoms with E-state index in [1.54, 1.807) is 0 Å². The highest BCUT2D eigenvalue weighted by Crippen LogP contribution is 2.37. The molecule has 2 aromatic carbocycles. The van der Waals surface area contributed by atoms with Crippen molar-refractivity contribution < 1.29 is 31.1 Å². The van der Waals surface area contributed by atoms with Gasteiger partial charge in [0.2, 0.25) is 0 Å². The van der Waals surface area contributed by atoms with Crippen molar-refractivity contribution >= 4 is 11.6 Å². The summed E-state index contributed by atoms with van der Waals surface area (Å²) >= 11 is 5.27. The van der Waals surface area contributed by atoms with Crippen molar-refractivity contribution in [2.24, 2.45) is 0 Å². The first kappa shape index (κ1) is 22.9. The fraction of sp³-hybridized carbons (Fsp3) is 0.238. The van der Waals surface area contributed by atoms with Gasteiger partial charge in [-0.05, 0) is 30.5 Å². The largest absolute Gasteiger partial charge is 0.432 e. The molecule has 0 unspecified atom stereocenters. The van der Waals surface area contributed by atoms with E-state index < -0.39 is 45.7 Å². The van der Waals surface area contributed by atoms with E-state index in [1.807, 2.05) is 6.92 Å². The number of unbranched alkanes of at least 4 members (excludes halogenated alkanes) is 1. The molecule has 1 aromatic heterocycles. The highest BCUT2D eigenvalue weighted by atomic mass is 35.5.